The molecule has 1 fully saturated rings. The average molecular weight is 480 g/mol. The van der Waals surface area contributed by atoms with Crippen LogP contribution in [0.4, 0.5) is 11.6 Å². The Morgan fingerprint density at radius 3 is 2.91 bits per heavy atom. The van der Waals surface area contributed by atoms with Crippen molar-refractivity contribution in [2.75, 3.05) is 30.4 Å². The molecule has 3 aliphatic rings. The molecule has 9 heteroatoms. The van der Waals surface area contributed by atoms with E-state index in [9.17, 15) is 9.59 Å². The van der Waals surface area contributed by atoms with Crippen molar-refractivity contribution in [3.05, 3.63) is 58.8 Å². The third-order valence-electron chi connectivity index (χ3n) is 6.30. The van der Waals surface area contributed by atoms with Gasteiger partial charge in [0.05, 0.1) is 23.8 Å². The second kappa shape index (κ2) is 9.95. The van der Waals surface area contributed by atoms with Crippen molar-refractivity contribution >= 4 is 35.1 Å². The lowest BCUT2D eigenvalue weighted by molar-refractivity contribution is -0.117. The standard InChI is InChI=1S/C25H26ClN5O3/c26-18-3-6-20-21(12-18)30-22(32)11-17-14-28-25(31-23(17)20)29-19-4-1-16(2-5-19)24(33)27-13-15-7-9-34-10-8-15/h1-4,6,12,14-15,19H,5,7-11,13H2,(H,27,33)(H,30,32)(H,28,29,31). The molecule has 3 heterocycles. The zero-order chi connectivity index (χ0) is 23.5. The summed E-state index contributed by atoms with van der Waals surface area (Å²) in [6.07, 6.45) is 10.2. The number of ether oxygens (including phenoxy) is 1. The molecule has 1 aromatic heterocycles. The van der Waals surface area contributed by atoms with Gasteiger partial charge in [-0.2, -0.15) is 0 Å². The minimum absolute atomic E-state index is 0.0414. The maximum Gasteiger partial charge on any atom is 0.250 e. The normalized spacial score (nSPS) is 19.9. The molecule has 176 valence electrons. The molecule has 8 nitrogen and oxygen atoms in total. The fourth-order valence-corrected chi connectivity index (χ4v) is 4.56. The molecule has 5 rings (SSSR count). The number of hydrogen-bond donors (Lipinski definition) is 3. The van der Waals surface area contributed by atoms with Gasteiger partial charge in [-0.15, -0.1) is 0 Å². The van der Waals surface area contributed by atoms with Gasteiger partial charge in [0.15, 0.2) is 0 Å². The molecule has 2 aromatic rings. The number of nitrogens with one attached hydrogen (secondary N) is 3. The number of carbonyl (C=O) groups is 2. The van der Waals surface area contributed by atoms with E-state index in [4.69, 9.17) is 21.3 Å². The quantitative estimate of drug-likeness (QED) is 0.606. The molecule has 2 aliphatic heterocycles. The first-order valence-electron chi connectivity index (χ1n) is 11.5. The highest BCUT2D eigenvalue weighted by Crippen LogP contribution is 2.34. The van der Waals surface area contributed by atoms with E-state index in [1.807, 2.05) is 24.3 Å². The van der Waals surface area contributed by atoms with Crippen LogP contribution in [0.5, 0.6) is 0 Å². The van der Waals surface area contributed by atoms with Crippen LogP contribution in [0.1, 0.15) is 24.8 Å². The van der Waals surface area contributed by atoms with E-state index in [2.05, 4.69) is 20.9 Å². The summed E-state index contributed by atoms with van der Waals surface area (Å²) in [7, 11) is 0. The molecule has 1 saturated heterocycles. The van der Waals surface area contributed by atoms with Crippen LogP contribution in [0.25, 0.3) is 11.3 Å². The molecule has 3 N–H and O–H groups in total. The summed E-state index contributed by atoms with van der Waals surface area (Å²) in [5.41, 5.74) is 3.57. The van der Waals surface area contributed by atoms with Crippen molar-refractivity contribution in [1.82, 2.24) is 15.3 Å². The second-order valence-electron chi connectivity index (χ2n) is 8.75. The van der Waals surface area contributed by atoms with Gasteiger partial charge >= 0.3 is 0 Å². The largest absolute Gasteiger partial charge is 0.381 e. The minimum atomic E-state index is -0.130. The Bertz CT molecular complexity index is 1170. The molecule has 0 radical (unpaired) electrons. The van der Waals surface area contributed by atoms with Crippen molar-refractivity contribution < 1.29 is 14.3 Å². The maximum absolute atomic E-state index is 12.5. The van der Waals surface area contributed by atoms with E-state index >= 15 is 0 Å². The summed E-state index contributed by atoms with van der Waals surface area (Å²) in [5.74, 6) is 0.770. The predicted octanol–water partition coefficient (Wildman–Crippen LogP) is 3.50. The topological polar surface area (TPSA) is 105 Å². The Morgan fingerprint density at radius 1 is 1.26 bits per heavy atom. The number of benzene rings is 1. The Labute approximate surface area is 202 Å². The predicted molar refractivity (Wildman–Crippen MR) is 131 cm³/mol. The van der Waals surface area contributed by atoms with Crippen LogP contribution in [0, 0.1) is 5.92 Å². The van der Waals surface area contributed by atoms with Crippen molar-refractivity contribution in [3.8, 4) is 11.3 Å². The van der Waals surface area contributed by atoms with Crippen molar-refractivity contribution in [2.45, 2.75) is 31.7 Å². The maximum atomic E-state index is 12.5. The number of amides is 2. The molecule has 1 atom stereocenters. The van der Waals surface area contributed by atoms with Crippen LogP contribution in [-0.4, -0.2) is 47.6 Å². The van der Waals surface area contributed by atoms with Crippen LogP contribution in [0.2, 0.25) is 5.02 Å². The highest BCUT2D eigenvalue weighted by molar-refractivity contribution is 6.31. The molecule has 1 unspecified atom stereocenters. The van der Waals surface area contributed by atoms with E-state index < -0.39 is 0 Å². The van der Waals surface area contributed by atoms with Gasteiger partial charge in [-0.05, 0) is 43.4 Å². The molecule has 0 saturated carbocycles. The Hall–Kier alpha value is -3.23. The summed E-state index contributed by atoms with van der Waals surface area (Å²) in [5, 5.41) is 9.79. The number of halogens is 1. The van der Waals surface area contributed by atoms with E-state index in [-0.39, 0.29) is 24.3 Å². The first-order valence-corrected chi connectivity index (χ1v) is 11.9. The smallest absolute Gasteiger partial charge is 0.250 e. The lowest BCUT2D eigenvalue weighted by Crippen LogP contribution is -2.33. The molecule has 0 spiro atoms. The van der Waals surface area contributed by atoms with Crippen molar-refractivity contribution in [3.63, 3.8) is 0 Å². The zero-order valence-electron chi connectivity index (χ0n) is 18.6. The SMILES string of the molecule is O=C1Cc2cnc(NC3C=CC(C(=O)NCC4CCOCC4)=CC3)nc2-c2ccc(Cl)cc2N1. The fraction of sp³-hybridized carbons (Fsp3) is 0.360. The van der Waals surface area contributed by atoms with Gasteiger partial charge in [-0.3, -0.25) is 9.59 Å². The van der Waals surface area contributed by atoms with Crippen molar-refractivity contribution in [2.24, 2.45) is 5.92 Å². The van der Waals surface area contributed by atoms with Gasteiger partial charge < -0.3 is 20.7 Å². The van der Waals surface area contributed by atoms with Gasteiger partial charge in [0.25, 0.3) is 5.91 Å². The highest BCUT2D eigenvalue weighted by Gasteiger charge is 2.22. The molecule has 2 amide bonds. The van der Waals surface area contributed by atoms with Gasteiger partial charge in [-0.1, -0.05) is 29.8 Å². The first-order chi connectivity index (χ1) is 16.5. The number of carbonyl (C=O) groups excluding carboxylic acids is 2. The zero-order valence-corrected chi connectivity index (χ0v) is 19.4. The van der Waals surface area contributed by atoms with Crippen molar-refractivity contribution in [1.29, 1.82) is 0 Å². The van der Waals surface area contributed by atoms with E-state index in [0.29, 0.717) is 46.8 Å². The third kappa shape index (κ3) is 5.13. The summed E-state index contributed by atoms with van der Waals surface area (Å²) in [4.78, 5) is 33.9. The summed E-state index contributed by atoms with van der Waals surface area (Å²) >= 11 is 6.12. The number of rotatable bonds is 5. The van der Waals surface area contributed by atoms with Crippen LogP contribution < -0.4 is 16.0 Å². The monoisotopic (exact) mass is 479 g/mol. The first kappa shape index (κ1) is 22.6. The number of hydrogen-bond acceptors (Lipinski definition) is 6. The molecule has 0 bridgehead atoms. The third-order valence-corrected chi connectivity index (χ3v) is 6.53. The van der Waals surface area contributed by atoms with Crippen LogP contribution >= 0.6 is 11.6 Å². The average Bonchev–Trinajstić information content (AvgIpc) is 2.98. The van der Waals surface area contributed by atoms with Gasteiger partial charge in [0.1, 0.15) is 0 Å². The Balaban J connectivity index is 1.24. The second-order valence-corrected chi connectivity index (χ2v) is 9.19. The van der Waals surface area contributed by atoms with E-state index in [1.54, 1.807) is 18.3 Å². The van der Waals surface area contributed by atoms with Crippen LogP contribution in [0.15, 0.2) is 48.2 Å². The Morgan fingerprint density at radius 2 is 2.12 bits per heavy atom. The Kier molecular flexibility index (Phi) is 6.60. The number of nitrogens with zero attached hydrogens (tertiary/aromatic N) is 2. The van der Waals surface area contributed by atoms with E-state index in [1.165, 1.54) is 0 Å². The number of fused-ring (bicyclic) bond motifs is 3. The van der Waals surface area contributed by atoms with Crippen LogP contribution in [0.3, 0.4) is 0 Å². The lowest BCUT2D eigenvalue weighted by atomic mass is 9.99. The molecular weight excluding hydrogens is 454 g/mol. The molecule has 1 aliphatic carbocycles. The summed E-state index contributed by atoms with van der Waals surface area (Å²) in [6.45, 7) is 2.23. The molecule has 34 heavy (non-hydrogen) atoms. The van der Waals surface area contributed by atoms with E-state index in [0.717, 1.165) is 37.2 Å². The number of aromatic nitrogens is 2. The number of anilines is 2. The summed E-state index contributed by atoms with van der Waals surface area (Å²) in [6, 6.07) is 5.32. The van der Waals surface area contributed by atoms with Crippen LogP contribution in [-0.2, 0) is 20.7 Å². The van der Waals surface area contributed by atoms with Gasteiger partial charge in [-0.25, -0.2) is 9.97 Å². The van der Waals surface area contributed by atoms with Gasteiger partial charge in [0, 0.05) is 47.7 Å². The highest BCUT2D eigenvalue weighted by atomic mass is 35.5. The minimum Gasteiger partial charge on any atom is -0.381 e. The fourth-order valence-electron chi connectivity index (χ4n) is 4.38. The lowest BCUT2D eigenvalue weighted by Gasteiger charge is -2.23. The molecular formula is C25H26ClN5O3. The van der Waals surface area contributed by atoms with Gasteiger partial charge in [0.2, 0.25) is 11.9 Å². The summed E-state index contributed by atoms with van der Waals surface area (Å²) < 4.78 is 5.37. The molecule has 1 aromatic carbocycles.